The minimum Gasteiger partial charge on any atom is -0.460 e. The van der Waals surface area contributed by atoms with Gasteiger partial charge in [-0.3, -0.25) is 19.8 Å². The van der Waals surface area contributed by atoms with Crippen LogP contribution in [0.2, 0.25) is 0 Å². The first-order valence-corrected chi connectivity index (χ1v) is 8.61. The average Bonchev–Trinajstić information content (AvgIpc) is 2.33. The molecule has 0 spiro atoms. The summed E-state index contributed by atoms with van der Waals surface area (Å²) in [7, 11) is 0. The largest absolute Gasteiger partial charge is 0.460 e. The van der Waals surface area contributed by atoms with Crippen LogP contribution in [-0.2, 0) is 19.1 Å². The van der Waals surface area contributed by atoms with Crippen molar-refractivity contribution < 1.29 is 19.1 Å². The molecule has 3 aliphatic rings. The van der Waals surface area contributed by atoms with Gasteiger partial charge < -0.3 is 10.5 Å². The highest BCUT2D eigenvalue weighted by Gasteiger charge is 2.57. The molecule has 0 unspecified atom stereocenters. The molecule has 0 aromatic rings. The summed E-state index contributed by atoms with van der Waals surface area (Å²) in [5.41, 5.74) is 10.0. The van der Waals surface area contributed by atoms with Crippen LogP contribution >= 0.6 is 0 Å². The van der Waals surface area contributed by atoms with E-state index >= 15 is 0 Å². The first-order valence-electron chi connectivity index (χ1n) is 8.61. The molecule has 7 heteroatoms. The van der Waals surface area contributed by atoms with E-state index < -0.39 is 17.4 Å². The van der Waals surface area contributed by atoms with E-state index in [0.29, 0.717) is 6.42 Å². The molecule has 2 bridgehead atoms. The minimum absolute atomic E-state index is 0.0764. The van der Waals surface area contributed by atoms with Crippen molar-refractivity contribution in [2.45, 2.75) is 64.9 Å². The van der Waals surface area contributed by atoms with Gasteiger partial charge >= 0.3 is 5.97 Å². The fourth-order valence-corrected chi connectivity index (χ4v) is 3.71. The Balaban J connectivity index is 1.85. The van der Waals surface area contributed by atoms with Crippen LogP contribution in [0.1, 0.15) is 59.3 Å². The molecule has 3 fully saturated rings. The number of amides is 2. The van der Waals surface area contributed by atoms with Gasteiger partial charge in [-0.15, -0.1) is 0 Å². The topological polar surface area (TPSA) is 111 Å². The number of carbonyl (C=O) groups is 3. The van der Waals surface area contributed by atoms with Crippen molar-refractivity contribution in [3.63, 3.8) is 0 Å². The van der Waals surface area contributed by atoms with Gasteiger partial charge in [-0.2, -0.15) is 0 Å². The third kappa shape index (κ3) is 5.19. The van der Waals surface area contributed by atoms with E-state index in [1.165, 1.54) is 19.3 Å². The van der Waals surface area contributed by atoms with Crippen molar-refractivity contribution in [2.24, 2.45) is 23.0 Å². The van der Waals surface area contributed by atoms with Gasteiger partial charge in [-0.25, -0.2) is 5.43 Å². The zero-order valence-electron chi connectivity index (χ0n) is 14.8. The Hall–Kier alpha value is -1.63. The van der Waals surface area contributed by atoms with Crippen LogP contribution in [-0.4, -0.2) is 29.9 Å². The number of esters is 1. The Morgan fingerprint density at radius 3 is 2.33 bits per heavy atom. The first kappa shape index (κ1) is 18.7. The summed E-state index contributed by atoms with van der Waals surface area (Å²) in [6, 6.07) is 0. The number of primary amides is 1. The lowest BCUT2D eigenvalue weighted by Crippen LogP contribution is -2.54. The van der Waals surface area contributed by atoms with Crippen LogP contribution in [0.3, 0.4) is 0 Å². The summed E-state index contributed by atoms with van der Waals surface area (Å²) in [6.07, 6.45) is 4.43. The lowest BCUT2D eigenvalue weighted by molar-refractivity contribution is -0.162. The second kappa shape index (κ2) is 7.09. The predicted molar refractivity (Wildman–Crippen MR) is 88.3 cm³/mol. The highest BCUT2D eigenvalue weighted by atomic mass is 16.6. The second-order valence-electron chi connectivity index (χ2n) is 8.30. The first-order chi connectivity index (χ1) is 11.1. The molecule has 24 heavy (non-hydrogen) atoms. The number of hydrogen-bond acceptors (Lipinski definition) is 5. The van der Waals surface area contributed by atoms with Crippen LogP contribution in [0, 0.1) is 17.3 Å². The van der Waals surface area contributed by atoms with Crippen molar-refractivity contribution in [1.82, 2.24) is 10.9 Å². The van der Waals surface area contributed by atoms with Gasteiger partial charge in [0.1, 0.15) is 5.60 Å². The molecule has 3 aliphatic carbocycles. The molecule has 3 rings (SSSR count). The van der Waals surface area contributed by atoms with Crippen LogP contribution < -0.4 is 16.6 Å². The van der Waals surface area contributed by atoms with E-state index in [1.807, 2.05) is 20.8 Å². The Labute approximate surface area is 143 Å². The number of hydrazine groups is 1. The molecule has 0 aromatic heterocycles. The van der Waals surface area contributed by atoms with E-state index in [1.54, 1.807) is 0 Å². The summed E-state index contributed by atoms with van der Waals surface area (Å²) in [4.78, 5) is 35.2. The molecule has 7 nitrogen and oxygen atoms in total. The van der Waals surface area contributed by atoms with Gasteiger partial charge in [0.2, 0.25) is 11.8 Å². The fourth-order valence-electron chi connectivity index (χ4n) is 3.71. The van der Waals surface area contributed by atoms with E-state index in [-0.39, 0.29) is 36.7 Å². The van der Waals surface area contributed by atoms with Crippen LogP contribution in [0.15, 0.2) is 0 Å². The van der Waals surface area contributed by atoms with E-state index in [4.69, 9.17) is 10.5 Å². The number of rotatable bonds is 9. The molecule has 136 valence electrons. The lowest BCUT2D eigenvalue weighted by Gasteiger charge is -2.63. The molecule has 0 aliphatic heterocycles. The Morgan fingerprint density at radius 1 is 1.25 bits per heavy atom. The summed E-state index contributed by atoms with van der Waals surface area (Å²) in [6.45, 7) is 5.71. The monoisotopic (exact) mass is 339 g/mol. The van der Waals surface area contributed by atoms with Crippen molar-refractivity contribution >= 4 is 17.8 Å². The normalized spacial score (nSPS) is 25.9. The molecule has 0 aromatic carbocycles. The summed E-state index contributed by atoms with van der Waals surface area (Å²) in [5.74, 6) is -0.608. The maximum atomic E-state index is 12.4. The highest BCUT2D eigenvalue weighted by Crippen LogP contribution is 2.67. The summed E-state index contributed by atoms with van der Waals surface area (Å²) >= 11 is 0. The number of carbonyl (C=O) groups excluding carboxylic acids is 3. The summed E-state index contributed by atoms with van der Waals surface area (Å²) < 4.78 is 5.35. The quantitative estimate of drug-likeness (QED) is 0.330. The highest BCUT2D eigenvalue weighted by molar-refractivity contribution is 5.83. The van der Waals surface area contributed by atoms with Gasteiger partial charge in [0.15, 0.2) is 0 Å². The third-order valence-corrected chi connectivity index (χ3v) is 4.76. The Bertz CT molecular complexity index is 495. The van der Waals surface area contributed by atoms with Crippen LogP contribution in [0.4, 0.5) is 0 Å². The zero-order valence-corrected chi connectivity index (χ0v) is 14.8. The standard InChI is InChI=1S/C17H29N3O4/c1-16(2,3)24-14(22)6-12(10-17-7-11(8-17)9-17)15(23)20-19-5-4-13(18)21/h11-12,19H,4-10H2,1-3H3,(H2,18,21)(H,20,23)/t11?,12-,17?/m0/s1. The van der Waals surface area contributed by atoms with E-state index in [9.17, 15) is 14.4 Å². The van der Waals surface area contributed by atoms with Gasteiger partial charge in [0.25, 0.3) is 0 Å². The molecule has 0 heterocycles. The Kier molecular flexibility index (Phi) is 5.52. The maximum Gasteiger partial charge on any atom is 0.307 e. The SMILES string of the molecule is CC(C)(C)OC(=O)C[C@@H](CC12CC(C1)C2)C(=O)NNCCC(N)=O. The second-order valence-corrected chi connectivity index (χ2v) is 8.30. The van der Waals surface area contributed by atoms with Gasteiger partial charge in [0.05, 0.1) is 12.3 Å². The Morgan fingerprint density at radius 2 is 1.88 bits per heavy atom. The van der Waals surface area contributed by atoms with Crippen molar-refractivity contribution in [3.05, 3.63) is 0 Å². The number of hydrogen-bond donors (Lipinski definition) is 3. The molecule has 2 amide bonds. The molecular weight excluding hydrogens is 310 g/mol. The molecule has 4 N–H and O–H groups in total. The van der Waals surface area contributed by atoms with Crippen molar-refractivity contribution in [3.8, 4) is 0 Å². The average molecular weight is 339 g/mol. The third-order valence-electron chi connectivity index (χ3n) is 4.76. The van der Waals surface area contributed by atoms with Crippen molar-refractivity contribution in [1.29, 1.82) is 0 Å². The zero-order chi connectivity index (χ0) is 18.0. The van der Waals surface area contributed by atoms with Gasteiger partial charge in [0, 0.05) is 13.0 Å². The van der Waals surface area contributed by atoms with Gasteiger partial charge in [-0.05, 0) is 57.8 Å². The van der Waals surface area contributed by atoms with E-state index in [2.05, 4.69) is 10.9 Å². The minimum atomic E-state index is -0.561. The lowest BCUT2D eigenvalue weighted by atomic mass is 9.42. The smallest absolute Gasteiger partial charge is 0.307 e. The van der Waals surface area contributed by atoms with Crippen molar-refractivity contribution in [2.75, 3.05) is 6.54 Å². The maximum absolute atomic E-state index is 12.4. The molecule has 0 radical (unpaired) electrons. The molecule has 1 atom stereocenters. The molecule has 3 saturated carbocycles. The molecular formula is C17H29N3O4. The predicted octanol–water partition coefficient (Wildman–Crippen LogP) is 1.02. The number of nitrogens with two attached hydrogens (primary N) is 1. The number of ether oxygens (including phenoxy) is 1. The van der Waals surface area contributed by atoms with Crippen LogP contribution in [0.5, 0.6) is 0 Å². The van der Waals surface area contributed by atoms with Crippen LogP contribution in [0.25, 0.3) is 0 Å². The number of nitrogens with one attached hydrogen (secondary N) is 2. The fraction of sp³-hybridized carbons (Fsp3) is 0.824. The summed E-state index contributed by atoms with van der Waals surface area (Å²) in [5, 5.41) is 0. The van der Waals surface area contributed by atoms with Gasteiger partial charge in [-0.1, -0.05) is 0 Å². The van der Waals surface area contributed by atoms with E-state index in [0.717, 1.165) is 5.92 Å². The molecule has 0 saturated heterocycles.